The van der Waals surface area contributed by atoms with Crippen LogP contribution in [0.5, 0.6) is 0 Å². The van der Waals surface area contributed by atoms with Crippen LogP contribution in [0.1, 0.15) is 41.3 Å². The standard InChI is InChI=1S/C14H20N4O/c1-4-13-12(10-19)14(5-2)18(16-13)9-7-11-6-8-15-17(11)3/h6,8,10H,4-5,7,9H2,1-3H3. The Bertz CT molecular complexity index is 568. The first kappa shape index (κ1) is 13.5. The third-order valence-corrected chi connectivity index (χ3v) is 3.46. The first-order valence-corrected chi connectivity index (χ1v) is 6.71. The molecule has 0 aliphatic heterocycles. The van der Waals surface area contributed by atoms with E-state index in [1.807, 2.05) is 29.4 Å². The zero-order valence-corrected chi connectivity index (χ0v) is 11.8. The summed E-state index contributed by atoms with van der Waals surface area (Å²) in [5.41, 5.74) is 3.88. The molecule has 0 fully saturated rings. The van der Waals surface area contributed by atoms with Crippen molar-refractivity contribution < 1.29 is 4.79 Å². The molecule has 0 aliphatic rings. The summed E-state index contributed by atoms with van der Waals surface area (Å²) in [7, 11) is 1.94. The number of rotatable bonds is 6. The second kappa shape index (κ2) is 5.82. The monoisotopic (exact) mass is 260 g/mol. The topological polar surface area (TPSA) is 52.7 Å². The maximum atomic E-state index is 11.2. The highest BCUT2D eigenvalue weighted by molar-refractivity contribution is 5.78. The highest BCUT2D eigenvalue weighted by atomic mass is 16.1. The van der Waals surface area contributed by atoms with E-state index < -0.39 is 0 Å². The molecule has 2 rings (SSSR count). The van der Waals surface area contributed by atoms with Crippen molar-refractivity contribution in [3.05, 3.63) is 34.9 Å². The maximum Gasteiger partial charge on any atom is 0.153 e. The molecule has 0 aliphatic carbocycles. The van der Waals surface area contributed by atoms with Gasteiger partial charge < -0.3 is 0 Å². The molecule has 0 spiro atoms. The van der Waals surface area contributed by atoms with Crippen molar-refractivity contribution in [1.82, 2.24) is 19.6 Å². The van der Waals surface area contributed by atoms with Crippen LogP contribution in [0.15, 0.2) is 12.3 Å². The van der Waals surface area contributed by atoms with Gasteiger partial charge in [-0.15, -0.1) is 0 Å². The van der Waals surface area contributed by atoms with Crippen molar-refractivity contribution in [1.29, 1.82) is 0 Å². The van der Waals surface area contributed by atoms with Gasteiger partial charge in [-0.2, -0.15) is 10.2 Å². The highest BCUT2D eigenvalue weighted by Gasteiger charge is 2.14. The summed E-state index contributed by atoms with van der Waals surface area (Å²) in [6.07, 6.45) is 5.22. The van der Waals surface area contributed by atoms with Crippen LogP contribution in [-0.4, -0.2) is 25.8 Å². The molecule has 2 heterocycles. The molecule has 19 heavy (non-hydrogen) atoms. The third kappa shape index (κ3) is 2.59. The van der Waals surface area contributed by atoms with Crippen molar-refractivity contribution in [3.63, 3.8) is 0 Å². The molecule has 0 N–H and O–H groups in total. The van der Waals surface area contributed by atoms with Crippen LogP contribution in [0, 0.1) is 0 Å². The van der Waals surface area contributed by atoms with Gasteiger partial charge in [0.25, 0.3) is 0 Å². The minimum absolute atomic E-state index is 0.773. The molecule has 2 aromatic rings. The normalized spacial score (nSPS) is 10.9. The van der Waals surface area contributed by atoms with Gasteiger partial charge in [-0.3, -0.25) is 14.2 Å². The fraction of sp³-hybridized carbons (Fsp3) is 0.500. The summed E-state index contributed by atoms with van der Waals surface area (Å²) in [6, 6.07) is 2.01. The molecule has 5 heteroatoms. The van der Waals surface area contributed by atoms with Gasteiger partial charge in [0, 0.05) is 37.6 Å². The number of aryl methyl sites for hydroxylation is 4. The number of carbonyl (C=O) groups excluding carboxylic acids is 1. The second-order valence-corrected chi connectivity index (χ2v) is 4.55. The van der Waals surface area contributed by atoms with Gasteiger partial charge in [-0.1, -0.05) is 13.8 Å². The lowest BCUT2D eigenvalue weighted by molar-refractivity contribution is 0.112. The lowest BCUT2D eigenvalue weighted by Crippen LogP contribution is -2.10. The van der Waals surface area contributed by atoms with E-state index >= 15 is 0 Å². The van der Waals surface area contributed by atoms with Gasteiger partial charge in [-0.25, -0.2) is 0 Å². The number of hydrogen-bond donors (Lipinski definition) is 0. The van der Waals surface area contributed by atoms with Gasteiger partial charge in [0.05, 0.1) is 11.3 Å². The molecular weight excluding hydrogens is 240 g/mol. The Labute approximate surface area is 113 Å². The largest absolute Gasteiger partial charge is 0.298 e. The average Bonchev–Trinajstić information content (AvgIpc) is 2.98. The van der Waals surface area contributed by atoms with Gasteiger partial charge in [0.1, 0.15) is 0 Å². The quantitative estimate of drug-likeness (QED) is 0.744. The van der Waals surface area contributed by atoms with Gasteiger partial charge in [-0.05, 0) is 18.9 Å². The number of aromatic nitrogens is 4. The van der Waals surface area contributed by atoms with Gasteiger partial charge in [0.15, 0.2) is 6.29 Å². The van der Waals surface area contributed by atoms with Crippen molar-refractivity contribution in [2.75, 3.05) is 0 Å². The summed E-state index contributed by atoms with van der Waals surface area (Å²) in [4.78, 5) is 11.2. The van der Waals surface area contributed by atoms with Crippen molar-refractivity contribution in [3.8, 4) is 0 Å². The van der Waals surface area contributed by atoms with E-state index in [1.54, 1.807) is 6.20 Å². The van der Waals surface area contributed by atoms with E-state index in [0.29, 0.717) is 0 Å². The molecule has 0 saturated heterocycles. The van der Waals surface area contributed by atoms with Crippen LogP contribution < -0.4 is 0 Å². The van der Waals surface area contributed by atoms with E-state index in [4.69, 9.17) is 0 Å². The van der Waals surface area contributed by atoms with Crippen molar-refractivity contribution in [2.24, 2.45) is 7.05 Å². The Kier molecular flexibility index (Phi) is 4.14. The SMILES string of the molecule is CCc1nn(CCc2ccnn2C)c(CC)c1C=O. The number of hydrogen-bond acceptors (Lipinski definition) is 3. The Morgan fingerprint density at radius 1 is 1.32 bits per heavy atom. The van der Waals surface area contributed by atoms with Crippen LogP contribution in [0.4, 0.5) is 0 Å². The molecule has 0 saturated carbocycles. The number of nitrogens with zero attached hydrogens (tertiary/aromatic N) is 4. The molecule has 0 aromatic carbocycles. The van der Waals surface area contributed by atoms with Crippen LogP contribution in [0.25, 0.3) is 0 Å². The summed E-state index contributed by atoms with van der Waals surface area (Å²) in [6.45, 7) is 4.87. The highest BCUT2D eigenvalue weighted by Crippen LogP contribution is 2.15. The second-order valence-electron chi connectivity index (χ2n) is 4.55. The molecule has 102 valence electrons. The molecule has 0 radical (unpaired) electrons. The van der Waals surface area contributed by atoms with E-state index in [2.05, 4.69) is 17.1 Å². The maximum absolute atomic E-state index is 11.2. The minimum Gasteiger partial charge on any atom is -0.298 e. The lowest BCUT2D eigenvalue weighted by Gasteiger charge is -2.06. The predicted molar refractivity (Wildman–Crippen MR) is 73.3 cm³/mol. The number of aldehydes is 1. The van der Waals surface area contributed by atoms with E-state index in [1.165, 1.54) is 5.69 Å². The van der Waals surface area contributed by atoms with Crippen LogP contribution in [-0.2, 0) is 32.9 Å². The van der Waals surface area contributed by atoms with E-state index in [-0.39, 0.29) is 0 Å². The molecule has 0 unspecified atom stereocenters. The summed E-state index contributed by atoms with van der Waals surface area (Å²) in [5.74, 6) is 0. The van der Waals surface area contributed by atoms with Crippen LogP contribution in [0.3, 0.4) is 0 Å². The molecule has 0 atom stereocenters. The number of carbonyl (C=O) groups is 1. The zero-order chi connectivity index (χ0) is 13.8. The Hall–Kier alpha value is -1.91. The fourth-order valence-electron chi connectivity index (χ4n) is 2.39. The first-order chi connectivity index (χ1) is 9.21. The molecule has 5 nitrogen and oxygen atoms in total. The third-order valence-electron chi connectivity index (χ3n) is 3.46. The first-order valence-electron chi connectivity index (χ1n) is 6.71. The van der Waals surface area contributed by atoms with Crippen LogP contribution >= 0.6 is 0 Å². The fourth-order valence-corrected chi connectivity index (χ4v) is 2.39. The lowest BCUT2D eigenvalue weighted by atomic mass is 10.1. The summed E-state index contributed by atoms with van der Waals surface area (Å²) in [5, 5.41) is 8.71. The van der Waals surface area contributed by atoms with Crippen molar-refractivity contribution in [2.45, 2.75) is 39.7 Å². The Morgan fingerprint density at radius 3 is 2.63 bits per heavy atom. The average molecular weight is 260 g/mol. The Morgan fingerprint density at radius 2 is 2.11 bits per heavy atom. The predicted octanol–water partition coefficient (Wildman–Crippen LogP) is 1.80. The van der Waals surface area contributed by atoms with E-state index in [0.717, 1.165) is 49.0 Å². The summed E-state index contributed by atoms with van der Waals surface area (Å²) >= 11 is 0. The molecule has 0 bridgehead atoms. The Balaban J connectivity index is 2.22. The van der Waals surface area contributed by atoms with E-state index in [9.17, 15) is 4.79 Å². The van der Waals surface area contributed by atoms with Crippen LogP contribution in [0.2, 0.25) is 0 Å². The minimum atomic E-state index is 0.773. The van der Waals surface area contributed by atoms with Crippen molar-refractivity contribution >= 4 is 6.29 Å². The smallest absolute Gasteiger partial charge is 0.153 e. The molecule has 0 amide bonds. The zero-order valence-electron chi connectivity index (χ0n) is 11.8. The van der Waals surface area contributed by atoms with Gasteiger partial charge >= 0.3 is 0 Å². The molecule has 2 aromatic heterocycles. The van der Waals surface area contributed by atoms with Gasteiger partial charge in [0.2, 0.25) is 0 Å². The molecular formula is C14H20N4O. The summed E-state index contributed by atoms with van der Waals surface area (Å²) < 4.78 is 3.84.